The number of halogens is 1. The molecule has 11 heteroatoms. The summed E-state index contributed by atoms with van der Waals surface area (Å²) in [4.78, 5) is 35.4. The molecule has 0 atom stereocenters. The Morgan fingerprint density at radius 2 is 2.08 bits per heavy atom. The average molecular weight is 381 g/mol. The fraction of sp³-hybridized carbons (Fsp3) is 0.267. The van der Waals surface area contributed by atoms with Gasteiger partial charge in [-0.3, -0.25) is 14.4 Å². The summed E-state index contributed by atoms with van der Waals surface area (Å²) < 4.78 is 18.9. The van der Waals surface area contributed by atoms with Gasteiger partial charge < -0.3 is 15.9 Å². The first kappa shape index (κ1) is 19.4. The van der Waals surface area contributed by atoms with Gasteiger partial charge in [0.05, 0.1) is 24.5 Å². The minimum absolute atomic E-state index is 0.0220. The number of benzene rings is 1. The number of carbonyl (C=O) groups excluding carboxylic acids is 2. The maximum absolute atomic E-state index is 13.5. The van der Waals surface area contributed by atoms with Crippen LogP contribution in [0, 0.1) is 5.82 Å². The van der Waals surface area contributed by atoms with Gasteiger partial charge in [0.2, 0.25) is 11.1 Å². The van der Waals surface area contributed by atoms with Gasteiger partial charge >= 0.3 is 5.97 Å². The number of thioether (sulfide) groups is 1. The van der Waals surface area contributed by atoms with Gasteiger partial charge in [-0.05, 0) is 19.1 Å². The summed E-state index contributed by atoms with van der Waals surface area (Å²) in [6, 6.07) is 5.71. The van der Waals surface area contributed by atoms with E-state index < -0.39 is 23.3 Å². The molecule has 0 aliphatic carbocycles. The van der Waals surface area contributed by atoms with Crippen LogP contribution in [-0.4, -0.2) is 39.1 Å². The molecule has 1 aromatic heterocycles. The first-order valence-corrected chi connectivity index (χ1v) is 8.47. The van der Waals surface area contributed by atoms with Crippen LogP contribution < -0.4 is 16.7 Å². The molecule has 0 bridgehead atoms. The predicted molar refractivity (Wildman–Crippen MR) is 92.5 cm³/mol. The fourth-order valence-corrected chi connectivity index (χ4v) is 2.51. The van der Waals surface area contributed by atoms with Crippen molar-refractivity contribution in [2.75, 3.05) is 23.5 Å². The van der Waals surface area contributed by atoms with E-state index in [1.807, 2.05) is 0 Å². The number of nitrogens with two attached hydrogens (primary N) is 1. The van der Waals surface area contributed by atoms with E-state index >= 15 is 0 Å². The van der Waals surface area contributed by atoms with Crippen molar-refractivity contribution in [2.24, 2.45) is 0 Å². The molecule has 2 aromatic rings. The Bertz CT molecular complexity index is 873. The van der Waals surface area contributed by atoms with Crippen molar-refractivity contribution >= 4 is 29.3 Å². The third-order valence-electron chi connectivity index (χ3n) is 3.03. The Morgan fingerprint density at radius 3 is 2.77 bits per heavy atom. The molecule has 1 amide bonds. The third-order valence-corrected chi connectivity index (χ3v) is 3.97. The second-order valence-electron chi connectivity index (χ2n) is 4.90. The van der Waals surface area contributed by atoms with Crippen molar-refractivity contribution in [1.82, 2.24) is 14.9 Å². The second kappa shape index (κ2) is 8.94. The van der Waals surface area contributed by atoms with Crippen molar-refractivity contribution in [1.29, 1.82) is 0 Å². The molecule has 0 saturated heterocycles. The first-order chi connectivity index (χ1) is 12.4. The van der Waals surface area contributed by atoms with Crippen molar-refractivity contribution < 1.29 is 18.7 Å². The lowest BCUT2D eigenvalue weighted by Gasteiger charge is -2.08. The fourth-order valence-electron chi connectivity index (χ4n) is 1.86. The van der Waals surface area contributed by atoms with Crippen LogP contribution in [0.5, 0.6) is 0 Å². The van der Waals surface area contributed by atoms with Gasteiger partial charge in [0.1, 0.15) is 11.5 Å². The number of hydrogen-bond donors (Lipinski definition) is 2. The topological polar surface area (TPSA) is 129 Å². The Balaban J connectivity index is 2.00. The number of para-hydroxylation sites is 1. The molecule has 1 aromatic carbocycles. The summed E-state index contributed by atoms with van der Waals surface area (Å²) in [6.07, 6.45) is -0.352. The van der Waals surface area contributed by atoms with Crippen molar-refractivity contribution in [2.45, 2.75) is 18.5 Å². The van der Waals surface area contributed by atoms with Gasteiger partial charge in [0.15, 0.2) is 0 Å². The zero-order chi connectivity index (χ0) is 19.1. The molecule has 0 fully saturated rings. The van der Waals surface area contributed by atoms with Gasteiger partial charge in [-0.15, -0.1) is 10.2 Å². The highest BCUT2D eigenvalue weighted by molar-refractivity contribution is 7.99. The monoisotopic (exact) mass is 381 g/mol. The Labute approximate surface area is 151 Å². The molecule has 0 saturated carbocycles. The van der Waals surface area contributed by atoms with Crippen molar-refractivity contribution in [3.63, 3.8) is 0 Å². The van der Waals surface area contributed by atoms with E-state index in [9.17, 15) is 18.8 Å². The Hall–Kier alpha value is -2.95. The molecule has 0 unspecified atom stereocenters. The number of ether oxygens (including phenoxy) is 1. The zero-order valence-corrected chi connectivity index (χ0v) is 14.6. The van der Waals surface area contributed by atoms with Crippen LogP contribution in [0.2, 0.25) is 0 Å². The number of rotatable bonds is 7. The largest absolute Gasteiger partial charge is 0.466 e. The number of hydrogen-bond acceptors (Lipinski definition) is 8. The molecular formula is C15H16FN5O4S. The smallest absolute Gasteiger partial charge is 0.312 e. The number of nitrogens with zero attached hydrogens (tertiary/aromatic N) is 3. The molecule has 138 valence electrons. The molecule has 3 N–H and O–H groups in total. The van der Waals surface area contributed by atoms with Crippen molar-refractivity contribution in [3.05, 3.63) is 46.1 Å². The SMILES string of the molecule is CCOC(=O)Cc1nnc(SCC(=O)Nc2ccccc2F)n(N)c1=O. The molecular weight excluding hydrogens is 365 g/mol. The van der Waals surface area contributed by atoms with Crippen LogP contribution in [0.3, 0.4) is 0 Å². The minimum atomic E-state index is -0.718. The Kier molecular flexibility index (Phi) is 6.67. The number of esters is 1. The summed E-state index contributed by atoms with van der Waals surface area (Å²) in [6.45, 7) is 1.81. The van der Waals surface area contributed by atoms with Crippen molar-refractivity contribution in [3.8, 4) is 0 Å². The molecule has 9 nitrogen and oxygen atoms in total. The lowest BCUT2D eigenvalue weighted by atomic mass is 10.3. The predicted octanol–water partition coefficient (Wildman–Crippen LogP) is 0.328. The quantitative estimate of drug-likeness (QED) is 0.399. The van der Waals surface area contributed by atoms with E-state index in [4.69, 9.17) is 10.6 Å². The lowest BCUT2D eigenvalue weighted by Crippen LogP contribution is -2.35. The normalized spacial score (nSPS) is 10.4. The highest BCUT2D eigenvalue weighted by atomic mass is 32.2. The molecule has 0 spiro atoms. The van der Waals surface area contributed by atoms with Crippen LogP contribution >= 0.6 is 11.8 Å². The van der Waals surface area contributed by atoms with E-state index in [1.165, 1.54) is 18.2 Å². The number of nitrogens with one attached hydrogen (secondary N) is 1. The van der Waals surface area contributed by atoms with E-state index in [1.54, 1.807) is 13.0 Å². The number of aromatic nitrogens is 3. The van der Waals surface area contributed by atoms with Crippen LogP contribution in [0.25, 0.3) is 0 Å². The van der Waals surface area contributed by atoms with Crippen LogP contribution in [0.15, 0.2) is 34.2 Å². The van der Waals surface area contributed by atoms with E-state index in [0.29, 0.717) is 4.68 Å². The molecule has 0 aliphatic rings. The maximum atomic E-state index is 13.5. The summed E-state index contributed by atoms with van der Waals surface area (Å²) >= 11 is 0.846. The van der Waals surface area contributed by atoms with Gasteiger partial charge in [0.25, 0.3) is 5.56 Å². The first-order valence-electron chi connectivity index (χ1n) is 7.48. The van der Waals surface area contributed by atoms with Gasteiger partial charge in [-0.2, -0.15) is 4.68 Å². The van der Waals surface area contributed by atoms with Crippen LogP contribution in [-0.2, 0) is 20.7 Å². The van der Waals surface area contributed by atoms with Gasteiger partial charge in [-0.25, -0.2) is 4.39 Å². The second-order valence-corrected chi connectivity index (χ2v) is 5.85. The van der Waals surface area contributed by atoms with Crippen LogP contribution in [0.1, 0.15) is 12.6 Å². The summed E-state index contributed by atoms with van der Waals surface area (Å²) in [5.74, 6) is 3.77. The van der Waals surface area contributed by atoms with E-state index in [2.05, 4.69) is 15.5 Å². The number of anilines is 1. The molecule has 1 heterocycles. The summed E-state index contributed by atoms with van der Waals surface area (Å²) in [5.41, 5.74) is -0.838. The standard InChI is InChI=1S/C15H16FN5O4S/c1-2-25-13(23)7-11-14(24)21(17)15(20-19-11)26-8-12(22)18-10-6-4-3-5-9(10)16/h3-6H,2,7-8,17H2,1H3,(H,18,22). The van der Waals surface area contributed by atoms with E-state index in [-0.39, 0.29) is 35.3 Å². The number of nitrogen functional groups attached to an aromatic ring is 1. The molecule has 0 radical (unpaired) electrons. The average Bonchev–Trinajstić information content (AvgIpc) is 2.60. The minimum Gasteiger partial charge on any atom is -0.466 e. The highest BCUT2D eigenvalue weighted by Gasteiger charge is 2.16. The lowest BCUT2D eigenvalue weighted by molar-refractivity contribution is -0.142. The Morgan fingerprint density at radius 1 is 1.35 bits per heavy atom. The zero-order valence-electron chi connectivity index (χ0n) is 13.8. The molecule has 2 rings (SSSR count). The molecule has 0 aliphatic heterocycles. The van der Waals surface area contributed by atoms with Gasteiger partial charge in [-0.1, -0.05) is 23.9 Å². The summed E-state index contributed by atoms with van der Waals surface area (Å²) in [5, 5.41) is 9.77. The van der Waals surface area contributed by atoms with E-state index in [0.717, 1.165) is 11.8 Å². The maximum Gasteiger partial charge on any atom is 0.312 e. The highest BCUT2D eigenvalue weighted by Crippen LogP contribution is 2.15. The summed E-state index contributed by atoms with van der Waals surface area (Å²) in [7, 11) is 0. The molecule has 26 heavy (non-hydrogen) atoms. The number of carbonyl (C=O) groups is 2. The van der Waals surface area contributed by atoms with Gasteiger partial charge in [0, 0.05) is 0 Å². The van der Waals surface area contributed by atoms with Crippen LogP contribution in [0.4, 0.5) is 10.1 Å². The number of amides is 1. The third kappa shape index (κ3) is 5.02.